The zero-order valence-electron chi connectivity index (χ0n) is 25.1. The smallest absolute Gasteiger partial charge is 0.0543 e. The third-order valence-electron chi connectivity index (χ3n) is 9.97. The Hall–Kier alpha value is -4.82. The van der Waals surface area contributed by atoms with Crippen LogP contribution in [0.5, 0.6) is 0 Å². The first-order valence-electron chi connectivity index (χ1n) is 16.2. The van der Waals surface area contributed by atoms with Crippen LogP contribution in [0.15, 0.2) is 152 Å². The van der Waals surface area contributed by atoms with Gasteiger partial charge in [-0.3, -0.25) is 0 Å². The predicted octanol–water partition coefficient (Wildman–Crippen LogP) is 11.3. The summed E-state index contributed by atoms with van der Waals surface area (Å²) in [5, 5.41) is 2.71. The van der Waals surface area contributed by atoms with Gasteiger partial charge in [0.05, 0.1) is 5.69 Å². The zero-order valence-corrected chi connectivity index (χ0v) is 25.1. The molecule has 2 nitrogen and oxygen atoms in total. The highest BCUT2D eigenvalue weighted by atomic mass is 15.2. The number of rotatable bonds is 6. The van der Waals surface area contributed by atoms with E-state index in [2.05, 4.69) is 161 Å². The van der Waals surface area contributed by atoms with E-state index in [9.17, 15) is 0 Å². The first-order chi connectivity index (χ1) is 21.9. The SMILES string of the molecule is c1ccc(N(c2ccccc2)c2cc3c(c4ccccc24)CC(N(c2ccccc2)c2ccccc2)C2CCCCC32)cc1. The first kappa shape index (κ1) is 26.8. The minimum absolute atomic E-state index is 0.395. The Kier molecular flexibility index (Phi) is 7.12. The van der Waals surface area contributed by atoms with Crippen LogP contribution in [0.4, 0.5) is 28.4 Å². The topological polar surface area (TPSA) is 6.48 Å². The summed E-state index contributed by atoms with van der Waals surface area (Å²) in [6.07, 6.45) is 6.17. The van der Waals surface area contributed by atoms with Crippen molar-refractivity contribution in [3.63, 3.8) is 0 Å². The fourth-order valence-corrected chi connectivity index (χ4v) is 8.12. The molecule has 1 saturated carbocycles. The van der Waals surface area contributed by atoms with Crippen LogP contribution in [-0.4, -0.2) is 6.04 Å². The molecule has 0 heterocycles. The van der Waals surface area contributed by atoms with Crippen molar-refractivity contribution in [2.75, 3.05) is 9.80 Å². The lowest BCUT2D eigenvalue weighted by atomic mass is 9.64. The van der Waals surface area contributed by atoms with Crippen LogP contribution in [0, 0.1) is 5.92 Å². The highest BCUT2D eigenvalue weighted by molar-refractivity contribution is 6.01. The molecule has 1 fully saturated rings. The summed E-state index contributed by atoms with van der Waals surface area (Å²) in [4.78, 5) is 5.13. The molecule has 0 amide bonds. The molecule has 0 radical (unpaired) electrons. The lowest BCUT2D eigenvalue weighted by Crippen LogP contribution is -2.46. The Morgan fingerprint density at radius 1 is 0.477 bits per heavy atom. The number of anilines is 5. The first-order valence-corrected chi connectivity index (χ1v) is 16.2. The lowest BCUT2D eigenvalue weighted by molar-refractivity contribution is 0.244. The third-order valence-corrected chi connectivity index (χ3v) is 9.97. The zero-order chi connectivity index (χ0) is 29.3. The summed E-state index contributed by atoms with van der Waals surface area (Å²) < 4.78 is 0. The van der Waals surface area contributed by atoms with Crippen molar-refractivity contribution in [2.24, 2.45) is 5.92 Å². The largest absolute Gasteiger partial charge is 0.338 e. The average molecular weight is 571 g/mol. The highest BCUT2D eigenvalue weighted by Gasteiger charge is 2.42. The van der Waals surface area contributed by atoms with E-state index in [4.69, 9.17) is 0 Å². The molecule has 6 aromatic rings. The van der Waals surface area contributed by atoms with Gasteiger partial charge in [-0.25, -0.2) is 0 Å². The normalized spacial score (nSPS) is 19.1. The number of para-hydroxylation sites is 4. The standard InChI is InChI=1S/C42H38N2/c1-5-17-31(18-6-1)43(32-19-7-2-8-20-32)41-29-39-36-26-14-16-28-38(36)42(30-40(39)35-25-13-15-27-37(35)41)44(33-21-9-3-10-22-33)34-23-11-4-12-24-34/h1-13,15,17-25,27,29,36,38,42H,14,16,26,28,30H2. The van der Waals surface area contributed by atoms with Crippen molar-refractivity contribution < 1.29 is 0 Å². The van der Waals surface area contributed by atoms with Crippen LogP contribution >= 0.6 is 0 Å². The van der Waals surface area contributed by atoms with E-state index in [1.165, 1.54) is 70.5 Å². The molecule has 2 aliphatic rings. The highest BCUT2D eigenvalue weighted by Crippen LogP contribution is 2.52. The van der Waals surface area contributed by atoms with Crippen molar-refractivity contribution in [3.05, 3.63) is 163 Å². The van der Waals surface area contributed by atoms with Crippen LogP contribution in [0.3, 0.4) is 0 Å². The number of hydrogen-bond acceptors (Lipinski definition) is 2. The summed E-state index contributed by atoms with van der Waals surface area (Å²) >= 11 is 0. The van der Waals surface area contributed by atoms with Crippen LogP contribution < -0.4 is 9.80 Å². The summed E-state index contributed by atoms with van der Waals surface area (Å²) in [5.41, 5.74) is 9.35. The quantitative estimate of drug-likeness (QED) is 0.196. The number of benzene rings is 6. The molecule has 44 heavy (non-hydrogen) atoms. The fraction of sp³-hybridized carbons (Fsp3) is 0.190. The van der Waals surface area contributed by atoms with Gasteiger partial charge in [-0.15, -0.1) is 0 Å². The molecule has 2 aliphatic carbocycles. The van der Waals surface area contributed by atoms with Gasteiger partial charge in [-0.1, -0.05) is 110 Å². The van der Waals surface area contributed by atoms with E-state index in [0.717, 1.165) is 6.42 Å². The van der Waals surface area contributed by atoms with Gasteiger partial charge in [0.2, 0.25) is 0 Å². The molecule has 6 aromatic carbocycles. The van der Waals surface area contributed by atoms with Crippen LogP contribution in [-0.2, 0) is 6.42 Å². The Bertz CT molecular complexity index is 1770. The Labute approximate surface area is 261 Å². The van der Waals surface area contributed by atoms with Crippen molar-refractivity contribution in [1.29, 1.82) is 0 Å². The summed E-state index contributed by atoms with van der Waals surface area (Å²) in [5.74, 6) is 1.12. The molecule has 2 heteroatoms. The second kappa shape index (κ2) is 11.7. The van der Waals surface area contributed by atoms with Crippen molar-refractivity contribution in [2.45, 2.75) is 44.1 Å². The Balaban J connectivity index is 1.34. The van der Waals surface area contributed by atoms with Gasteiger partial charge < -0.3 is 9.80 Å². The Morgan fingerprint density at radius 2 is 0.955 bits per heavy atom. The van der Waals surface area contributed by atoms with Gasteiger partial charge in [-0.05, 0) is 102 Å². The second-order valence-corrected chi connectivity index (χ2v) is 12.4. The maximum absolute atomic E-state index is 2.66. The van der Waals surface area contributed by atoms with E-state index in [1.54, 1.807) is 5.56 Å². The van der Waals surface area contributed by atoms with Gasteiger partial charge in [0.25, 0.3) is 0 Å². The molecule has 0 saturated heterocycles. The maximum Gasteiger partial charge on any atom is 0.0543 e. The van der Waals surface area contributed by atoms with Gasteiger partial charge in [-0.2, -0.15) is 0 Å². The molecule has 8 rings (SSSR count). The van der Waals surface area contributed by atoms with Crippen molar-refractivity contribution in [3.8, 4) is 0 Å². The van der Waals surface area contributed by atoms with Gasteiger partial charge in [0.15, 0.2) is 0 Å². The van der Waals surface area contributed by atoms with Crippen molar-refractivity contribution in [1.82, 2.24) is 0 Å². The van der Waals surface area contributed by atoms with Gasteiger partial charge in [0, 0.05) is 34.2 Å². The second-order valence-electron chi connectivity index (χ2n) is 12.4. The molecular weight excluding hydrogens is 532 g/mol. The molecular formula is C42H38N2. The molecule has 3 atom stereocenters. The average Bonchev–Trinajstić information content (AvgIpc) is 3.11. The predicted molar refractivity (Wildman–Crippen MR) is 186 cm³/mol. The summed E-state index contributed by atoms with van der Waals surface area (Å²) in [6, 6.07) is 56.0. The van der Waals surface area contributed by atoms with Crippen LogP contribution in [0.1, 0.15) is 42.7 Å². The molecule has 216 valence electrons. The molecule has 0 aromatic heterocycles. The van der Waals surface area contributed by atoms with Crippen LogP contribution in [0.25, 0.3) is 10.8 Å². The minimum atomic E-state index is 0.395. The molecule has 3 unspecified atom stereocenters. The van der Waals surface area contributed by atoms with Gasteiger partial charge in [0.1, 0.15) is 0 Å². The number of fused-ring (bicyclic) bond motifs is 5. The monoisotopic (exact) mass is 570 g/mol. The molecule has 0 aliphatic heterocycles. The van der Waals surface area contributed by atoms with E-state index in [-0.39, 0.29) is 0 Å². The molecule has 0 bridgehead atoms. The Morgan fingerprint density at radius 3 is 1.52 bits per heavy atom. The molecule has 0 N–H and O–H groups in total. The number of nitrogens with zero attached hydrogens (tertiary/aromatic N) is 2. The third kappa shape index (κ3) is 4.75. The van der Waals surface area contributed by atoms with E-state index in [0.29, 0.717) is 17.9 Å². The lowest BCUT2D eigenvalue weighted by Gasteiger charge is -2.48. The van der Waals surface area contributed by atoms with Crippen molar-refractivity contribution >= 4 is 39.2 Å². The van der Waals surface area contributed by atoms with E-state index >= 15 is 0 Å². The molecule has 0 spiro atoms. The number of hydrogen-bond donors (Lipinski definition) is 0. The van der Waals surface area contributed by atoms with E-state index in [1.807, 2.05) is 0 Å². The van der Waals surface area contributed by atoms with Gasteiger partial charge >= 0.3 is 0 Å². The van der Waals surface area contributed by atoms with E-state index < -0.39 is 0 Å². The summed E-state index contributed by atoms with van der Waals surface area (Å²) in [6.45, 7) is 0. The summed E-state index contributed by atoms with van der Waals surface area (Å²) in [7, 11) is 0. The minimum Gasteiger partial charge on any atom is -0.338 e. The fourth-order valence-electron chi connectivity index (χ4n) is 8.12. The maximum atomic E-state index is 2.66. The van der Waals surface area contributed by atoms with Crippen LogP contribution in [0.2, 0.25) is 0 Å².